The predicted molar refractivity (Wildman–Crippen MR) is 125 cm³/mol. The van der Waals surface area contributed by atoms with Gasteiger partial charge in [0.2, 0.25) is 5.95 Å². The molecule has 0 aliphatic heterocycles. The largest absolute Gasteiger partial charge is 0.324 e. The number of carbonyl (C=O) groups is 1. The third kappa shape index (κ3) is 5.15. The number of anilines is 4. The van der Waals surface area contributed by atoms with Crippen molar-refractivity contribution in [1.82, 2.24) is 20.2 Å². The Hall–Kier alpha value is -4.25. The lowest BCUT2D eigenvalue weighted by Crippen LogP contribution is -2.14. The summed E-state index contributed by atoms with van der Waals surface area (Å²) in [6.45, 7) is 3.62. The van der Waals surface area contributed by atoms with Gasteiger partial charge in [0, 0.05) is 11.3 Å². The van der Waals surface area contributed by atoms with E-state index in [9.17, 15) is 13.2 Å². The molecule has 1 amide bonds. The van der Waals surface area contributed by atoms with Crippen molar-refractivity contribution in [2.75, 3.05) is 15.4 Å². The third-order valence-corrected chi connectivity index (χ3v) is 6.21. The van der Waals surface area contributed by atoms with Crippen molar-refractivity contribution in [3.8, 4) is 0 Å². The van der Waals surface area contributed by atoms with Crippen LogP contribution >= 0.6 is 0 Å². The zero-order valence-electron chi connectivity index (χ0n) is 17.8. The van der Waals surface area contributed by atoms with E-state index < -0.39 is 10.0 Å². The van der Waals surface area contributed by atoms with Crippen LogP contribution in [0.2, 0.25) is 0 Å². The molecule has 0 aliphatic carbocycles. The molecule has 33 heavy (non-hydrogen) atoms. The highest BCUT2D eigenvalue weighted by atomic mass is 32.2. The average Bonchev–Trinajstić information content (AvgIpc) is 3.14. The number of amides is 1. The molecule has 0 atom stereocenters. The van der Waals surface area contributed by atoms with E-state index in [1.165, 1.54) is 24.5 Å². The molecule has 10 nitrogen and oxygen atoms in total. The average molecular weight is 464 g/mol. The highest BCUT2D eigenvalue weighted by Crippen LogP contribution is 2.21. The van der Waals surface area contributed by atoms with Crippen LogP contribution in [0.4, 0.5) is 23.0 Å². The zero-order chi connectivity index (χ0) is 23.4. The monoisotopic (exact) mass is 463 g/mol. The summed E-state index contributed by atoms with van der Waals surface area (Å²) in [5.74, 6) is -0.0551. The number of hydrogen-bond acceptors (Lipinski definition) is 7. The Balaban J connectivity index is 1.42. The number of H-pyrrole nitrogens is 1. The predicted octanol–water partition coefficient (Wildman–Crippen LogP) is 3.61. The van der Waals surface area contributed by atoms with Crippen LogP contribution in [0.25, 0.3) is 0 Å². The molecule has 0 aliphatic rings. The number of hydrogen-bond donors (Lipinski definition) is 4. The Morgan fingerprint density at radius 2 is 1.61 bits per heavy atom. The van der Waals surface area contributed by atoms with Crippen molar-refractivity contribution in [2.24, 2.45) is 0 Å². The number of aromatic amines is 1. The summed E-state index contributed by atoms with van der Waals surface area (Å²) in [4.78, 5) is 20.9. The van der Waals surface area contributed by atoms with Crippen molar-refractivity contribution in [3.05, 3.63) is 83.9 Å². The topological polar surface area (TPSA) is 142 Å². The number of nitrogens with one attached hydrogen (secondary N) is 4. The van der Waals surface area contributed by atoms with Crippen molar-refractivity contribution in [2.45, 2.75) is 18.7 Å². The van der Waals surface area contributed by atoms with Gasteiger partial charge in [0.25, 0.3) is 15.9 Å². The maximum absolute atomic E-state index is 12.5. The van der Waals surface area contributed by atoms with Crippen LogP contribution in [-0.4, -0.2) is 34.5 Å². The van der Waals surface area contributed by atoms with Crippen LogP contribution in [0.1, 0.15) is 21.7 Å². The van der Waals surface area contributed by atoms with Gasteiger partial charge in [-0.3, -0.25) is 14.6 Å². The molecule has 0 saturated heterocycles. The molecule has 11 heteroatoms. The number of sulfonamides is 1. The van der Waals surface area contributed by atoms with Gasteiger partial charge in [-0.25, -0.2) is 18.4 Å². The van der Waals surface area contributed by atoms with Gasteiger partial charge in [0.1, 0.15) is 5.69 Å². The van der Waals surface area contributed by atoms with Gasteiger partial charge in [0.05, 0.1) is 34.4 Å². The highest BCUT2D eigenvalue weighted by Gasteiger charge is 2.15. The fourth-order valence-electron chi connectivity index (χ4n) is 2.96. The molecular formula is C22H21N7O3S. The fraction of sp³-hybridized carbons (Fsp3) is 0.0909. The molecule has 2 aromatic heterocycles. The van der Waals surface area contributed by atoms with Gasteiger partial charge < -0.3 is 10.6 Å². The smallest absolute Gasteiger partial charge is 0.274 e. The first-order chi connectivity index (χ1) is 15.8. The van der Waals surface area contributed by atoms with Crippen molar-refractivity contribution < 1.29 is 13.2 Å². The van der Waals surface area contributed by atoms with E-state index in [1.54, 1.807) is 42.5 Å². The van der Waals surface area contributed by atoms with Crippen LogP contribution < -0.4 is 15.4 Å². The lowest BCUT2D eigenvalue weighted by atomic mass is 10.2. The molecule has 4 aromatic rings. The Morgan fingerprint density at radius 1 is 0.909 bits per heavy atom. The summed E-state index contributed by atoms with van der Waals surface area (Å²) in [7, 11) is -3.70. The number of rotatable bonds is 7. The minimum absolute atomic E-state index is 0.171. The third-order valence-electron chi connectivity index (χ3n) is 4.81. The number of aromatic nitrogens is 4. The van der Waals surface area contributed by atoms with E-state index in [1.807, 2.05) is 13.8 Å². The molecule has 4 N–H and O–H groups in total. The molecule has 0 spiro atoms. The highest BCUT2D eigenvalue weighted by molar-refractivity contribution is 7.92. The van der Waals surface area contributed by atoms with E-state index >= 15 is 0 Å². The molecule has 0 unspecified atom stereocenters. The number of aryl methyl sites for hydroxylation is 1. The summed E-state index contributed by atoms with van der Waals surface area (Å²) in [6, 6.07) is 14.8. The molecule has 0 saturated carbocycles. The molecule has 168 valence electrons. The van der Waals surface area contributed by atoms with E-state index in [4.69, 9.17) is 0 Å². The Bertz CT molecular complexity index is 1390. The lowest BCUT2D eigenvalue weighted by Gasteiger charge is -2.10. The quantitative estimate of drug-likeness (QED) is 0.328. The van der Waals surface area contributed by atoms with Crippen molar-refractivity contribution in [3.63, 3.8) is 0 Å². The van der Waals surface area contributed by atoms with E-state index in [-0.39, 0.29) is 16.8 Å². The van der Waals surface area contributed by atoms with Gasteiger partial charge >= 0.3 is 0 Å². The Morgan fingerprint density at radius 3 is 2.27 bits per heavy atom. The Kier molecular flexibility index (Phi) is 6.05. The van der Waals surface area contributed by atoms with Gasteiger partial charge in [-0.15, -0.1) is 0 Å². The summed E-state index contributed by atoms with van der Waals surface area (Å²) in [5.41, 5.74) is 3.30. The van der Waals surface area contributed by atoms with Crippen LogP contribution in [-0.2, 0) is 10.0 Å². The SMILES string of the molecule is Cc1n[nH]c(C(=O)Nc2cnc(Nc3cccc(NS(=O)(=O)c4ccccc4)c3)nc2)c1C. The molecule has 2 aromatic carbocycles. The van der Waals surface area contributed by atoms with Crippen LogP contribution in [0, 0.1) is 13.8 Å². The maximum atomic E-state index is 12.5. The molecular weight excluding hydrogens is 442 g/mol. The van der Waals surface area contributed by atoms with E-state index in [0.29, 0.717) is 22.8 Å². The number of carbonyl (C=O) groups excluding carboxylic acids is 1. The van der Waals surface area contributed by atoms with Crippen LogP contribution in [0.5, 0.6) is 0 Å². The second-order valence-corrected chi connectivity index (χ2v) is 8.87. The van der Waals surface area contributed by atoms with Gasteiger partial charge in [0.15, 0.2) is 0 Å². The van der Waals surface area contributed by atoms with Gasteiger partial charge in [-0.1, -0.05) is 24.3 Å². The number of nitrogens with zero attached hydrogens (tertiary/aromatic N) is 3. The van der Waals surface area contributed by atoms with Crippen molar-refractivity contribution >= 4 is 38.9 Å². The fourth-order valence-corrected chi connectivity index (χ4v) is 4.03. The Labute approximate surface area is 190 Å². The second-order valence-electron chi connectivity index (χ2n) is 7.18. The van der Waals surface area contributed by atoms with Gasteiger partial charge in [-0.05, 0) is 44.2 Å². The van der Waals surface area contributed by atoms with Crippen molar-refractivity contribution in [1.29, 1.82) is 0 Å². The first-order valence-electron chi connectivity index (χ1n) is 9.92. The van der Waals surface area contributed by atoms with Crippen LogP contribution in [0.15, 0.2) is 71.9 Å². The van der Waals surface area contributed by atoms with Crippen LogP contribution in [0.3, 0.4) is 0 Å². The zero-order valence-corrected chi connectivity index (χ0v) is 18.6. The first-order valence-corrected chi connectivity index (χ1v) is 11.4. The van der Waals surface area contributed by atoms with E-state index in [0.717, 1.165) is 11.3 Å². The molecule has 4 rings (SSSR count). The molecule has 0 bridgehead atoms. The summed E-state index contributed by atoms with van der Waals surface area (Å²) in [5, 5.41) is 12.4. The standard InChI is InChI=1S/C22H21N7O3S/c1-14-15(2)27-28-20(14)21(30)25-18-12-23-22(24-13-18)26-16-7-6-8-17(11-16)29-33(31,32)19-9-4-3-5-10-19/h3-13,29H,1-2H3,(H,25,30)(H,27,28)(H,23,24,26). The second kappa shape index (κ2) is 9.09. The van der Waals surface area contributed by atoms with E-state index in [2.05, 4.69) is 35.5 Å². The number of benzene rings is 2. The normalized spacial score (nSPS) is 11.1. The summed E-state index contributed by atoms with van der Waals surface area (Å²) < 4.78 is 27.6. The summed E-state index contributed by atoms with van der Waals surface area (Å²) >= 11 is 0. The molecule has 0 radical (unpaired) electrons. The molecule has 2 heterocycles. The first kappa shape index (κ1) is 22.0. The molecule has 0 fully saturated rings. The lowest BCUT2D eigenvalue weighted by molar-refractivity contribution is 0.102. The summed E-state index contributed by atoms with van der Waals surface area (Å²) in [6.07, 6.45) is 2.93. The maximum Gasteiger partial charge on any atom is 0.274 e. The minimum Gasteiger partial charge on any atom is -0.324 e. The van der Waals surface area contributed by atoms with Gasteiger partial charge in [-0.2, -0.15) is 5.10 Å². The minimum atomic E-state index is -3.70.